The van der Waals surface area contributed by atoms with Crippen molar-refractivity contribution in [2.45, 2.75) is 45.4 Å². The Morgan fingerprint density at radius 3 is 2.56 bits per heavy atom. The first-order valence-electron chi connectivity index (χ1n) is 6.60. The van der Waals surface area contributed by atoms with E-state index in [1.54, 1.807) is 7.11 Å². The van der Waals surface area contributed by atoms with Gasteiger partial charge in [0.25, 0.3) is 0 Å². The molecule has 100 valence electrons. The molecule has 1 saturated heterocycles. The highest BCUT2D eigenvalue weighted by atomic mass is 16.7. The highest BCUT2D eigenvalue weighted by molar-refractivity contribution is 5.13. The van der Waals surface area contributed by atoms with Crippen LogP contribution in [0.3, 0.4) is 0 Å². The lowest BCUT2D eigenvalue weighted by Gasteiger charge is -2.20. The first-order chi connectivity index (χ1) is 8.76. The van der Waals surface area contributed by atoms with Crippen molar-refractivity contribution < 1.29 is 14.2 Å². The van der Waals surface area contributed by atoms with Crippen LogP contribution >= 0.6 is 0 Å². The van der Waals surface area contributed by atoms with Crippen molar-refractivity contribution >= 4 is 0 Å². The van der Waals surface area contributed by atoms with Crippen molar-refractivity contribution in [3.8, 4) is 0 Å². The summed E-state index contributed by atoms with van der Waals surface area (Å²) in [6.45, 7) is 4.91. The molecule has 3 heteroatoms. The van der Waals surface area contributed by atoms with Crippen LogP contribution in [0.25, 0.3) is 0 Å². The van der Waals surface area contributed by atoms with Gasteiger partial charge in [-0.05, 0) is 12.0 Å². The Bertz CT molecular complexity index is 350. The summed E-state index contributed by atoms with van der Waals surface area (Å²) in [7, 11) is 1.67. The Morgan fingerprint density at radius 2 is 1.94 bits per heavy atom. The third-order valence-corrected chi connectivity index (χ3v) is 3.60. The standard InChI is InChI=1S/C15H22O3/c1-4-13-11(2)14(15(16-3)18-13)17-10-12-8-6-5-7-9-12/h5-9,11,13-15H,4,10H2,1-3H3/t11-,13?,14-,15?/m0/s1. The second-order valence-corrected chi connectivity index (χ2v) is 4.81. The average molecular weight is 250 g/mol. The maximum atomic E-state index is 5.99. The number of hydrogen-bond donors (Lipinski definition) is 0. The van der Waals surface area contributed by atoms with Crippen LogP contribution in [0, 0.1) is 5.92 Å². The van der Waals surface area contributed by atoms with Gasteiger partial charge >= 0.3 is 0 Å². The van der Waals surface area contributed by atoms with Gasteiger partial charge in [-0.25, -0.2) is 0 Å². The zero-order valence-electron chi connectivity index (χ0n) is 11.3. The predicted octanol–water partition coefficient (Wildman–Crippen LogP) is 2.99. The summed E-state index contributed by atoms with van der Waals surface area (Å²) in [4.78, 5) is 0. The van der Waals surface area contributed by atoms with E-state index in [1.165, 1.54) is 5.56 Å². The van der Waals surface area contributed by atoms with E-state index < -0.39 is 0 Å². The van der Waals surface area contributed by atoms with Crippen LogP contribution in [0.4, 0.5) is 0 Å². The molecule has 1 aliphatic rings. The minimum absolute atomic E-state index is 0.0140. The first kappa shape index (κ1) is 13.5. The number of benzene rings is 1. The van der Waals surface area contributed by atoms with Gasteiger partial charge in [0.2, 0.25) is 0 Å². The molecule has 0 amide bonds. The van der Waals surface area contributed by atoms with Crippen LogP contribution in [-0.4, -0.2) is 25.6 Å². The molecule has 1 aromatic rings. The molecule has 2 rings (SSSR count). The molecule has 18 heavy (non-hydrogen) atoms. The van der Waals surface area contributed by atoms with E-state index in [1.807, 2.05) is 18.2 Å². The van der Waals surface area contributed by atoms with E-state index >= 15 is 0 Å². The SMILES string of the molecule is CCC1OC(OC)[C@@H](OCc2ccccc2)[C@H]1C. The third kappa shape index (κ3) is 2.91. The monoisotopic (exact) mass is 250 g/mol. The molecule has 1 aliphatic heterocycles. The minimum atomic E-state index is -0.242. The van der Waals surface area contributed by atoms with Crippen molar-refractivity contribution in [2.75, 3.05) is 7.11 Å². The fourth-order valence-electron chi connectivity index (χ4n) is 2.49. The Kier molecular flexibility index (Phi) is 4.75. The summed E-state index contributed by atoms with van der Waals surface area (Å²) in [5, 5.41) is 0. The van der Waals surface area contributed by atoms with Crippen LogP contribution < -0.4 is 0 Å². The molecular formula is C15H22O3. The highest BCUT2D eigenvalue weighted by Gasteiger charge is 2.41. The molecule has 0 spiro atoms. The molecule has 1 aromatic carbocycles. The maximum absolute atomic E-state index is 5.99. The molecule has 0 bridgehead atoms. The van der Waals surface area contributed by atoms with Gasteiger partial charge < -0.3 is 14.2 Å². The predicted molar refractivity (Wildman–Crippen MR) is 70.1 cm³/mol. The first-order valence-corrected chi connectivity index (χ1v) is 6.60. The van der Waals surface area contributed by atoms with Crippen molar-refractivity contribution in [3.05, 3.63) is 35.9 Å². The second-order valence-electron chi connectivity index (χ2n) is 4.81. The number of rotatable bonds is 5. The van der Waals surface area contributed by atoms with Crippen molar-refractivity contribution in [3.63, 3.8) is 0 Å². The lowest BCUT2D eigenvalue weighted by Crippen LogP contribution is -2.30. The quantitative estimate of drug-likeness (QED) is 0.804. The molecule has 4 atom stereocenters. The highest BCUT2D eigenvalue weighted by Crippen LogP contribution is 2.31. The van der Waals surface area contributed by atoms with Gasteiger partial charge in [-0.15, -0.1) is 0 Å². The number of ether oxygens (including phenoxy) is 3. The van der Waals surface area contributed by atoms with Crippen molar-refractivity contribution in [2.24, 2.45) is 5.92 Å². The summed E-state index contributed by atoms with van der Waals surface area (Å²) < 4.78 is 17.2. The Balaban J connectivity index is 1.95. The van der Waals surface area contributed by atoms with Crippen LogP contribution in [0.5, 0.6) is 0 Å². The Labute approximate surface area is 109 Å². The van der Waals surface area contributed by atoms with E-state index in [4.69, 9.17) is 14.2 Å². The molecule has 1 fully saturated rings. The van der Waals surface area contributed by atoms with Crippen LogP contribution in [-0.2, 0) is 20.8 Å². The molecule has 0 radical (unpaired) electrons. The number of methoxy groups -OCH3 is 1. The largest absolute Gasteiger partial charge is 0.368 e. The van der Waals surface area contributed by atoms with Gasteiger partial charge in [0.15, 0.2) is 6.29 Å². The lowest BCUT2D eigenvalue weighted by molar-refractivity contribution is -0.164. The van der Waals surface area contributed by atoms with Gasteiger partial charge in [0.1, 0.15) is 6.10 Å². The van der Waals surface area contributed by atoms with E-state index in [0.717, 1.165) is 6.42 Å². The zero-order chi connectivity index (χ0) is 13.0. The van der Waals surface area contributed by atoms with Gasteiger partial charge in [0, 0.05) is 13.0 Å². The summed E-state index contributed by atoms with van der Waals surface area (Å²) >= 11 is 0. The van der Waals surface area contributed by atoms with Crippen molar-refractivity contribution in [1.82, 2.24) is 0 Å². The molecule has 3 nitrogen and oxygen atoms in total. The molecule has 0 N–H and O–H groups in total. The zero-order valence-corrected chi connectivity index (χ0v) is 11.3. The summed E-state index contributed by atoms with van der Waals surface area (Å²) in [6, 6.07) is 10.2. The lowest BCUT2D eigenvalue weighted by atomic mass is 9.99. The fraction of sp³-hybridized carbons (Fsp3) is 0.600. The van der Waals surface area contributed by atoms with E-state index in [9.17, 15) is 0 Å². The molecule has 0 aliphatic carbocycles. The third-order valence-electron chi connectivity index (χ3n) is 3.60. The molecule has 2 unspecified atom stereocenters. The van der Waals surface area contributed by atoms with Crippen molar-refractivity contribution in [1.29, 1.82) is 0 Å². The van der Waals surface area contributed by atoms with Gasteiger partial charge in [-0.3, -0.25) is 0 Å². The average Bonchev–Trinajstić information content (AvgIpc) is 2.73. The molecule has 0 aromatic heterocycles. The summed E-state index contributed by atoms with van der Waals surface area (Å²) in [5.74, 6) is 0.365. The summed E-state index contributed by atoms with van der Waals surface area (Å²) in [6.07, 6.45) is 0.996. The summed E-state index contributed by atoms with van der Waals surface area (Å²) in [5.41, 5.74) is 1.18. The fourth-order valence-corrected chi connectivity index (χ4v) is 2.49. The van der Waals surface area contributed by atoms with Gasteiger partial charge in [0.05, 0.1) is 12.7 Å². The Morgan fingerprint density at radius 1 is 1.22 bits per heavy atom. The topological polar surface area (TPSA) is 27.7 Å². The Hall–Kier alpha value is -0.900. The van der Waals surface area contributed by atoms with Crippen LogP contribution in [0.15, 0.2) is 30.3 Å². The van der Waals surface area contributed by atoms with Gasteiger partial charge in [-0.1, -0.05) is 44.2 Å². The van der Waals surface area contributed by atoms with E-state index in [-0.39, 0.29) is 18.5 Å². The van der Waals surface area contributed by atoms with E-state index in [0.29, 0.717) is 12.5 Å². The van der Waals surface area contributed by atoms with E-state index in [2.05, 4.69) is 26.0 Å². The van der Waals surface area contributed by atoms with Gasteiger partial charge in [-0.2, -0.15) is 0 Å². The number of hydrogen-bond acceptors (Lipinski definition) is 3. The smallest absolute Gasteiger partial charge is 0.184 e. The van der Waals surface area contributed by atoms with Crippen LogP contribution in [0.2, 0.25) is 0 Å². The maximum Gasteiger partial charge on any atom is 0.184 e. The normalized spacial score (nSPS) is 31.7. The minimum Gasteiger partial charge on any atom is -0.368 e. The molecule has 0 saturated carbocycles. The van der Waals surface area contributed by atoms with Crippen LogP contribution in [0.1, 0.15) is 25.8 Å². The molecule has 1 heterocycles. The second kappa shape index (κ2) is 6.32. The molecular weight excluding hydrogens is 228 g/mol.